The third-order valence-electron chi connectivity index (χ3n) is 20.7. The molecule has 13 aromatic carbocycles. The first-order valence-corrected chi connectivity index (χ1v) is 32.9. The minimum absolute atomic E-state index is 0.0108. The molecule has 0 atom stereocenters. The summed E-state index contributed by atoms with van der Waals surface area (Å²) in [5.74, 6) is 2.97. The van der Waals surface area contributed by atoms with Crippen LogP contribution in [0.2, 0.25) is 0 Å². The number of para-hydroxylation sites is 4. The molecule has 9 heteroatoms. The summed E-state index contributed by atoms with van der Waals surface area (Å²) >= 11 is 0. The predicted octanol–water partition coefficient (Wildman–Crippen LogP) is 20.0. The van der Waals surface area contributed by atoms with Crippen LogP contribution in [-0.2, 0) is 0 Å². The highest BCUT2D eigenvalue weighted by Gasteiger charge is 2.45. The summed E-state index contributed by atoms with van der Waals surface area (Å²) in [7, 11) is 0. The summed E-state index contributed by atoms with van der Waals surface area (Å²) in [5.41, 5.74) is 24.1. The highest BCUT2D eigenvalue weighted by atomic mass is 15.3. The van der Waals surface area contributed by atoms with Crippen LogP contribution in [0.4, 0.5) is 0 Å². The number of benzene rings is 13. The molecule has 5 aromatic heterocycles. The molecule has 9 nitrogen and oxygen atoms in total. The predicted molar refractivity (Wildman–Crippen MR) is 389 cm³/mol. The zero-order valence-electron chi connectivity index (χ0n) is 56.9. The normalized spacial score (nSPS) is 16.6. The van der Waals surface area contributed by atoms with Crippen molar-refractivity contribution in [3.05, 3.63) is 376 Å². The van der Waals surface area contributed by atoms with Crippen LogP contribution in [0, 0.1) is 0 Å². The van der Waals surface area contributed by atoms with Gasteiger partial charge in [0.15, 0.2) is 17.5 Å². The average Bonchev–Trinajstić information content (AvgIpc) is 1.27. The molecule has 0 saturated carbocycles. The molecular weight excluding hydrogens is 1180 g/mol. The van der Waals surface area contributed by atoms with Crippen molar-refractivity contribution in [2.24, 2.45) is 0 Å². The zero-order chi connectivity index (χ0) is 67.8. The Bertz CT molecular complexity index is 6460. The fourth-order valence-corrected chi connectivity index (χ4v) is 16.9. The van der Waals surface area contributed by atoms with Crippen molar-refractivity contribution >= 4 is 65.4 Å². The lowest BCUT2D eigenvalue weighted by Gasteiger charge is -2.42. The van der Waals surface area contributed by atoms with E-state index in [0.717, 1.165) is 49.4 Å². The third-order valence-corrected chi connectivity index (χ3v) is 20.7. The van der Waals surface area contributed by atoms with Crippen molar-refractivity contribution in [2.75, 3.05) is 0 Å². The SMILES string of the molecule is [2H]c1c([2H])c([2H])c(-c2nc(-c3ccccc3)nc(-n3c4ccccc4c4c5c(ccc43)C3c4ccccc4C5c4ccccc43)n2)c([2H])c1[2H].c1ccc(-c2nc(-n3c4ccccc4c4ccccc43)nc(-n3c4ccccc4c4c5c(ccc43)C3c4ccccc4C5c4ccccc43)n2)cc1. The van der Waals surface area contributed by atoms with Gasteiger partial charge < -0.3 is 0 Å². The molecule has 6 aliphatic carbocycles. The average molecular weight is 1240 g/mol. The number of aromatic nitrogens is 9. The molecular formula is C88H55N9. The van der Waals surface area contributed by atoms with Gasteiger partial charge in [-0.05, 0) is 103 Å². The molecule has 0 radical (unpaired) electrons. The van der Waals surface area contributed by atoms with Gasteiger partial charge in [0.1, 0.15) is 0 Å². The van der Waals surface area contributed by atoms with E-state index in [4.69, 9.17) is 36.8 Å². The fourth-order valence-electron chi connectivity index (χ4n) is 16.9. The van der Waals surface area contributed by atoms with Crippen molar-refractivity contribution in [3.63, 3.8) is 0 Å². The van der Waals surface area contributed by atoms with E-state index in [-0.39, 0.29) is 47.1 Å². The summed E-state index contributed by atoms with van der Waals surface area (Å²) in [6, 6.07) is 96.3. The van der Waals surface area contributed by atoms with Gasteiger partial charge in [0, 0.05) is 72.7 Å². The number of rotatable bonds is 6. The molecule has 4 bridgehead atoms. The second kappa shape index (κ2) is 20.9. The molecule has 5 heterocycles. The lowest BCUT2D eigenvalue weighted by molar-refractivity contribution is 0.761. The molecule has 0 aliphatic heterocycles. The van der Waals surface area contributed by atoms with E-state index in [1.165, 1.54) is 88.3 Å². The van der Waals surface area contributed by atoms with Crippen LogP contribution in [0.5, 0.6) is 0 Å². The Morgan fingerprint density at radius 3 is 0.928 bits per heavy atom. The van der Waals surface area contributed by atoms with Crippen LogP contribution in [-0.4, -0.2) is 43.6 Å². The molecule has 0 N–H and O–H groups in total. The van der Waals surface area contributed by atoms with E-state index >= 15 is 0 Å². The van der Waals surface area contributed by atoms with Crippen LogP contribution >= 0.6 is 0 Å². The Morgan fingerprint density at radius 2 is 0.526 bits per heavy atom. The molecule has 24 rings (SSSR count). The molecule has 0 fully saturated rings. The molecule has 6 aliphatic rings. The second-order valence-corrected chi connectivity index (χ2v) is 25.5. The summed E-state index contributed by atoms with van der Waals surface area (Å²) in [4.78, 5) is 30.5. The fraction of sp³-hybridized carbons (Fsp3) is 0.0455. The molecule has 18 aromatic rings. The number of hydrogen-bond donors (Lipinski definition) is 0. The summed E-state index contributed by atoms with van der Waals surface area (Å²) in [6.07, 6.45) is 0. The van der Waals surface area contributed by atoms with Crippen LogP contribution < -0.4 is 0 Å². The molecule has 0 saturated heterocycles. The summed E-state index contributed by atoms with van der Waals surface area (Å²) in [5, 5.41) is 7.00. The molecule has 452 valence electrons. The van der Waals surface area contributed by atoms with Gasteiger partial charge in [-0.15, -0.1) is 0 Å². The maximum absolute atomic E-state index is 8.75. The quantitative estimate of drug-likeness (QED) is 0.165. The van der Waals surface area contributed by atoms with Gasteiger partial charge >= 0.3 is 0 Å². The van der Waals surface area contributed by atoms with Gasteiger partial charge in [-0.2, -0.15) is 24.9 Å². The van der Waals surface area contributed by atoms with E-state index < -0.39 is 18.1 Å². The van der Waals surface area contributed by atoms with E-state index in [9.17, 15) is 0 Å². The van der Waals surface area contributed by atoms with E-state index in [2.05, 4.69) is 234 Å². The zero-order valence-corrected chi connectivity index (χ0v) is 51.9. The minimum atomic E-state index is -0.467. The Morgan fingerprint density at radius 1 is 0.227 bits per heavy atom. The lowest BCUT2D eigenvalue weighted by atomic mass is 9.60. The summed E-state index contributed by atoms with van der Waals surface area (Å²) < 4.78 is 48.8. The monoisotopic (exact) mass is 1240 g/mol. The number of nitrogens with zero attached hydrogens (tertiary/aromatic N) is 9. The Hall–Kier alpha value is -12.7. The molecule has 0 spiro atoms. The van der Waals surface area contributed by atoms with Gasteiger partial charge in [0.25, 0.3) is 0 Å². The van der Waals surface area contributed by atoms with Gasteiger partial charge in [-0.1, -0.05) is 273 Å². The maximum atomic E-state index is 8.75. The first-order chi connectivity index (χ1) is 50.3. The maximum Gasteiger partial charge on any atom is 0.240 e. The van der Waals surface area contributed by atoms with Crippen LogP contribution in [0.25, 0.3) is 117 Å². The third kappa shape index (κ3) is 7.82. The van der Waals surface area contributed by atoms with Gasteiger partial charge in [-0.3, -0.25) is 13.7 Å². The van der Waals surface area contributed by atoms with Crippen LogP contribution in [0.1, 0.15) is 97.3 Å². The van der Waals surface area contributed by atoms with E-state index in [1.54, 1.807) is 0 Å². The highest BCUT2D eigenvalue weighted by Crippen LogP contribution is 2.60. The first-order valence-electron chi connectivity index (χ1n) is 35.4. The number of hydrogen-bond acceptors (Lipinski definition) is 6. The Kier molecular flexibility index (Phi) is 10.5. The van der Waals surface area contributed by atoms with Gasteiger partial charge in [-0.25, -0.2) is 4.98 Å². The van der Waals surface area contributed by atoms with Crippen LogP contribution in [0.15, 0.2) is 309 Å². The minimum Gasteiger partial charge on any atom is -0.278 e. The number of fused-ring (bicyclic) bond motifs is 9. The highest BCUT2D eigenvalue weighted by molar-refractivity contribution is 6.14. The van der Waals surface area contributed by atoms with Crippen LogP contribution in [0.3, 0.4) is 0 Å². The molecule has 0 amide bonds. The van der Waals surface area contributed by atoms with E-state index in [0.29, 0.717) is 35.1 Å². The van der Waals surface area contributed by atoms with E-state index in [1.807, 2.05) is 59.2 Å². The molecule has 0 unspecified atom stereocenters. The standard InChI is InChI=1S/C47H29N5.C41H26N4/c1-2-14-28(15-3-1)45-48-46(51-37-23-11-8-16-29(37)30-17-9-12-24-38(30)51)50-47(49-45)52-39-25-13-10-22-35(39)43-40(52)27-26-36-41-31-18-4-6-20-33(31)42(44(36)43)34-21-7-5-19-32(34)41;1-3-13-25(14-4-1)39-42-40(26-15-5-2-6-16-26)44-41(43-39)45-33-22-12-11-21-31(33)37-34(45)24-23-32-35-27-17-7-9-19-29(27)36(38(32)37)30-20-10-8-18-28(30)35/h1-27,41-42H;1-24,35-36H/i;1D,3D,4D,13D,14D. The van der Waals surface area contributed by atoms with Gasteiger partial charge in [0.2, 0.25) is 17.8 Å². The Balaban J connectivity index is 0.000000133. The van der Waals surface area contributed by atoms with Crippen molar-refractivity contribution in [1.82, 2.24) is 43.6 Å². The lowest BCUT2D eigenvalue weighted by Crippen LogP contribution is -2.27. The van der Waals surface area contributed by atoms with Crippen molar-refractivity contribution in [1.29, 1.82) is 0 Å². The van der Waals surface area contributed by atoms with Crippen molar-refractivity contribution < 1.29 is 6.85 Å². The second-order valence-electron chi connectivity index (χ2n) is 25.5. The smallest absolute Gasteiger partial charge is 0.240 e. The van der Waals surface area contributed by atoms with Crippen molar-refractivity contribution in [2.45, 2.75) is 23.7 Å². The summed E-state index contributed by atoms with van der Waals surface area (Å²) in [6.45, 7) is 0. The van der Waals surface area contributed by atoms with Gasteiger partial charge in [0.05, 0.1) is 40.0 Å². The Labute approximate surface area is 564 Å². The van der Waals surface area contributed by atoms with Crippen molar-refractivity contribution in [3.8, 4) is 52.0 Å². The largest absolute Gasteiger partial charge is 0.278 e. The first kappa shape index (κ1) is 48.9. The topological polar surface area (TPSA) is 92.1 Å². The molecule has 97 heavy (non-hydrogen) atoms.